The molecule has 0 saturated carbocycles. The molecule has 2 heterocycles. The minimum absolute atomic E-state index is 0.120. The summed E-state index contributed by atoms with van der Waals surface area (Å²) in [4.78, 5) is 14.0. The molecule has 0 bridgehead atoms. The van der Waals surface area contributed by atoms with Crippen LogP contribution in [0.1, 0.15) is 30.1 Å². The fraction of sp³-hybridized carbons (Fsp3) is 0.636. The number of nitrogens with zero attached hydrogens (tertiary/aromatic N) is 3. The first-order valence-corrected chi connectivity index (χ1v) is 5.44. The first-order chi connectivity index (χ1) is 7.16. The van der Waals surface area contributed by atoms with Crippen LogP contribution in [0.4, 0.5) is 0 Å². The molecule has 0 spiro atoms. The average molecular weight is 207 g/mol. The maximum atomic E-state index is 12.0. The van der Waals surface area contributed by atoms with Gasteiger partial charge < -0.3 is 4.90 Å². The Kier molecular flexibility index (Phi) is 2.75. The molecule has 0 N–H and O–H groups in total. The predicted octanol–water partition coefficient (Wildman–Crippen LogP) is 1.29. The molecule has 82 valence electrons. The number of hydrogen-bond acceptors (Lipinski definition) is 2. The molecular weight excluding hydrogens is 190 g/mol. The number of amides is 1. The van der Waals surface area contributed by atoms with Crippen molar-refractivity contribution in [3.63, 3.8) is 0 Å². The third-order valence-electron chi connectivity index (χ3n) is 2.90. The lowest BCUT2D eigenvalue weighted by molar-refractivity contribution is 0.0683. The number of piperidine rings is 1. The maximum Gasteiger partial charge on any atom is 0.257 e. The molecule has 1 atom stereocenters. The lowest BCUT2D eigenvalue weighted by atomic mass is 10.00. The molecule has 1 aromatic heterocycles. The topological polar surface area (TPSA) is 38.1 Å². The zero-order valence-electron chi connectivity index (χ0n) is 9.31. The Morgan fingerprint density at radius 3 is 3.00 bits per heavy atom. The molecule has 1 aliphatic rings. The molecule has 1 fully saturated rings. The van der Waals surface area contributed by atoms with Crippen LogP contribution in [0.25, 0.3) is 0 Å². The van der Waals surface area contributed by atoms with E-state index in [0.29, 0.717) is 11.5 Å². The average Bonchev–Trinajstić information content (AvgIpc) is 2.64. The van der Waals surface area contributed by atoms with E-state index < -0.39 is 0 Å². The SMILES string of the molecule is C[C@@H]1CCCN(C(=O)c2cnn(C)c2)C1. The van der Waals surface area contributed by atoms with Crippen molar-refractivity contribution in [1.82, 2.24) is 14.7 Å². The van der Waals surface area contributed by atoms with Crippen molar-refractivity contribution in [2.24, 2.45) is 13.0 Å². The molecule has 4 heteroatoms. The van der Waals surface area contributed by atoms with Crippen molar-refractivity contribution < 1.29 is 4.79 Å². The summed E-state index contributed by atoms with van der Waals surface area (Å²) in [6, 6.07) is 0. The molecule has 0 aliphatic carbocycles. The van der Waals surface area contributed by atoms with E-state index in [-0.39, 0.29) is 5.91 Å². The predicted molar refractivity (Wildman–Crippen MR) is 57.5 cm³/mol. The summed E-state index contributed by atoms with van der Waals surface area (Å²) in [5, 5.41) is 4.02. The summed E-state index contributed by atoms with van der Waals surface area (Å²) in [6.45, 7) is 3.97. The van der Waals surface area contributed by atoms with Crippen molar-refractivity contribution in [2.45, 2.75) is 19.8 Å². The van der Waals surface area contributed by atoms with Gasteiger partial charge in [0, 0.05) is 26.3 Å². The molecule has 2 rings (SSSR count). The molecule has 1 saturated heterocycles. The monoisotopic (exact) mass is 207 g/mol. The van der Waals surface area contributed by atoms with Crippen LogP contribution in [0, 0.1) is 5.92 Å². The van der Waals surface area contributed by atoms with Crippen molar-refractivity contribution in [1.29, 1.82) is 0 Å². The summed E-state index contributed by atoms with van der Waals surface area (Å²) in [5.41, 5.74) is 0.701. The lowest BCUT2D eigenvalue weighted by Gasteiger charge is -2.30. The molecule has 15 heavy (non-hydrogen) atoms. The van der Waals surface area contributed by atoms with Crippen molar-refractivity contribution >= 4 is 5.91 Å². The first-order valence-electron chi connectivity index (χ1n) is 5.44. The van der Waals surface area contributed by atoms with Crippen LogP contribution < -0.4 is 0 Å². The van der Waals surface area contributed by atoms with E-state index in [9.17, 15) is 4.79 Å². The largest absolute Gasteiger partial charge is 0.338 e. The minimum Gasteiger partial charge on any atom is -0.338 e. The molecule has 1 aliphatic heterocycles. The quantitative estimate of drug-likeness (QED) is 0.696. The van der Waals surface area contributed by atoms with Crippen LogP contribution in [0.2, 0.25) is 0 Å². The number of likely N-dealkylation sites (tertiary alicyclic amines) is 1. The highest BCUT2D eigenvalue weighted by Gasteiger charge is 2.22. The van der Waals surface area contributed by atoms with Gasteiger partial charge in [0.25, 0.3) is 5.91 Å². The highest BCUT2D eigenvalue weighted by atomic mass is 16.2. The van der Waals surface area contributed by atoms with E-state index in [1.165, 1.54) is 6.42 Å². The number of aromatic nitrogens is 2. The summed E-state index contributed by atoms with van der Waals surface area (Å²) in [5.74, 6) is 0.744. The molecule has 1 amide bonds. The number of carbonyl (C=O) groups is 1. The van der Waals surface area contributed by atoms with Gasteiger partial charge in [0.2, 0.25) is 0 Å². The fourth-order valence-electron chi connectivity index (χ4n) is 2.09. The standard InChI is InChI=1S/C11H17N3O/c1-9-4-3-5-14(7-9)11(15)10-6-12-13(2)8-10/h6,8-9H,3-5,7H2,1-2H3/t9-/m1/s1. The minimum atomic E-state index is 0.120. The summed E-state index contributed by atoms with van der Waals surface area (Å²) in [7, 11) is 1.83. The highest BCUT2D eigenvalue weighted by Crippen LogP contribution is 2.17. The third-order valence-corrected chi connectivity index (χ3v) is 2.90. The van der Waals surface area contributed by atoms with Crippen molar-refractivity contribution in [3.05, 3.63) is 18.0 Å². The Labute approximate surface area is 89.9 Å². The van der Waals surface area contributed by atoms with Gasteiger partial charge in [-0.1, -0.05) is 6.92 Å². The molecule has 1 aromatic rings. The first kappa shape index (κ1) is 10.2. The van der Waals surface area contributed by atoms with Gasteiger partial charge in [-0.2, -0.15) is 5.10 Å². The van der Waals surface area contributed by atoms with E-state index in [1.54, 1.807) is 17.1 Å². The van der Waals surface area contributed by atoms with E-state index in [2.05, 4.69) is 12.0 Å². The van der Waals surface area contributed by atoms with Crippen molar-refractivity contribution in [3.8, 4) is 0 Å². The van der Waals surface area contributed by atoms with Crippen LogP contribution in [-0.4, -0.2) is 33.7 Å². The Morgan fingerprint density at radius 1 is 1.60 bits per heavy atom. The second-order valence-electron chi connectivity index (χ2n) is 4.40. The second-order valence-corrected chi connectivity index (χ2v) is 4.40. The van der Waals surface area contributed by atoms with E-state index in [0.717, 1.165) is 19.5 Å². The molecule has 0 unspecified atom stereocenters. The zero-order valence-corrected chi connectivity index (χ0v) is 9.31. The van der Waals surface area contributed by atoms with E-state index in [4.69, 9.17) is 0 Å². The molecule has 4 nitrogen and oxygen atoms in total. The van der Waals surface area contributed by atoms with Gasteiger partial charge in [-0.3, -0.25) is 9.48 Å². The summed E-state index contributed by atoms with van der Waals surface area (Å²) < 4.78 is 1.67. The smallest absolute Gasteiger partial charge is 0.257 e. The van der Waals surface area contributed by atoms with E-state index in [1.807, 2.05) is 11.9 Å². The number of aryl methyl sites for hydroxylation is 1. The Hall–Kier alpha value is -1.32. The Morgan fingerprint density at radius 2 is 2.40 bits per heavy atom. The van der Waals surface area contributed by atoms with Crippen LogP contribution in [0.3, 0.4) is 0 Å². The Bertz CT molecular complexity index is 358. The normalized spacial score (nSPS) is 21.7. The number of rotatable bonds is 1. The second kappa shape index (κ2) is 4.04. The van der Waals surface area contributed by atoms with E-state index >= 15 is 0 Å². The third kappa shape index (κ3) is 2.19. The van der Waals surface area contributed by atoms with Crippen LogP contribution >= 0.6 is 0 Å². The molecule has 0 aromatic carbocycles. The zero-order chi connectivity index (χ0) is 10.8. The van der Waals surface area contributed by atoms with Gasteiger partial charge in [0.15, 0.2) is 0 Å². The van der Waals surface area contributed by atoms with Gasteiger partial charge in [0.1, 0.15) is 0 Å². The van der Waals surface area contributed by atoms with Crippen LogP contribution in [0.5, 0.6) is 0 Å². The number of hydrogen-bond donors (Lipinski definition) is 0. The maximum absolute atomic E-state index is 12.0. The van der Waals surface area contributed by atoms with Gasteiger partial charge >= 0.3 is 0 Å². The van der Waals surface area contributed by atoms with Gasteiger partial charge in [-0.05, 0) is 18.8 Å². The molecule has 0 radical (unpaired) electrons. The van der Waals surface area contributed by atoms with Gasteiger partial charge in [-0.25, -0.2) is 0 Å². The molecular formula is C11H17N3O. The summed E-state index contributed by atoms with van der Waals surface area (Å²) >= 11 is 0. The fourth-order valence-corrected chi connectivity index (χ4v) is 2.09. The van der Waals surface area contributed by atoms with Crippen LogP contribution in [-0.2, 0) is 7.05 Å². The highest BCUT2D eigenvalue weighted by molar-refractivity contribution is 5.93. The Balaban J connectivity index is 2.07. The summed E-state index contributed by atoms with van der Waals surface area (Å²) in [6.07, 6.45) is 5.77. The lowest BCUT2D eigenvalue weighted by Crippen LogP contribution is -2.38. The van der Waals surface area contributed by atoms with Crippen molar-refractivity contribution in [2.75, 3.05) is 13.1 Å². The van der Waals surface area contributed by atoms with Gasteiger partial charge in [-0.15, -0.1) is 0 Å². The van der Waals surface area contributed by atoms with Gasteiger partial charge in [0.05, 0.1) is 11.8 Å². The van der Waals surface area contributed by atoms with Crippen LogP contribution in [0.15, 0.2) is 12.4 Å². The number of carbonyl (C=O) groups excluding carboxylic acids is 1.